The van der Waals surface area contributed by atoms with Gasteiger partial charge in [-0.1, -0.05) is 34.1 Å². The molecule has 0 aliphatic carbocycles. The largest absolute Gasteiger partial charge is 0.375 e. The van der Waals surface area contributed by atoms with Crippen LogP contribution < -0.4 is 4.90 Å². The van der Waals surface area contributed by atoms with Crippen molar-refractivity contribution in [1.29, 1.82) is 0 Å². The molecular formula is C11H16BrN. The van der Waals surface area contributed by atoms with Crippen LogP contribution in [0.3, 0.4) is 0 Å². The van der Waals surface area contributed by atoms with Crippen LogP contribution in [0.25, 0.3) is 0 Å². The van der Waals surface area contributed by atoms with Crippen molar-refractivity contribution >= 4 is 21.6 Å². The summed E-state index contributed by atoms with van der Waals surface area (Å²) in [6.45, 7) is 1.13. The second kappa shape index (κ2) is 6.03. The third-order valence-corrected chi connectivity index (χ3v) is 2.63. The number of rotatable bonds is 5. The lowest BCUT2D eigenvalue weighted by Crippen LogP contribution is -2.18. The summed E-state index contributed by atoms with van der Waals surface area (Å²) in [4.78, 5) is 2.29. The first kappa shape index (κ1) is 10.6. The zero-order chi connectivity index (χ0) is 9.52. The molecular weight excluding hydrogens is 226 g/mol. The van der Waals surface area contributed by atoms with E-state index in [9.17, 15) is 0 Å². The number of halogens is 1. The molecule has 72 valence electrons. The van der Waals surface area contributed by atoms with Gasteiger partial charge in [0.2, 0.25) is 0 Å². The minimum Gasteiger partial charge on any atom is -0.375 e. The molecule has 0 aliphatic rings. The average Bonchev–Trinajstić information content (AvgIpc) is 2.19. The molecule has 0 amide bonds. The van der Waals surface area contributed by atoms with E-state index < -0.39 is 0 Å². The van der Waals surface area contributed by atoms with E-state index in [2.05, 4.69) is 58.2 Å². The lowest BCUT2D eigenvalue weighted by atomic mass is 10.2. The summed E-state index contributed by atoms with van der Waals surface area (Å²) < 4.78 is 0. The molecule has 0 heterocycles. The Kier molecular flexibility index (Phi) is 4.91. The van der Waals surface area contributed by atoms with Gasteiger partial charge in [0.1, 0.15) is 0 Å². The van der Waals surface area contributed by atoms with Crippen molar-refractivity contribution in [3.05, 3.63) is 30.3 Å². The van der Waals surface area contributed by atoms with Crippen molar-refractivity contribution < 1.29 is 0 Å². The van der Waals surface area contributed by atoms with Crippen LogP contribution in [0.5, 0.6) is 0 Å². The number of hydrogen-bond donors (Lipinski definition) is 0. The van der Waals surface area contributed by atoms with Gasteiger partial charge < -0.3 is 4.90 Å². The summed E-state index contributed by atoms with van der Waals surface area (Å²) in [6, 6.07) is 10.5. The third-order valence-electron chi connectivity index (χ3n) is 2.07. The first-order valence-electron chi connectivity index (χ1n) is 4.66. The first-order chi connectivity index (χ1) is 6.34. The summed E-state index contributed by atoms with van der Waals surface area (Å²) in [6.07, 6.45) is 2.49. The van der Waals surface area contributed by atoms with E-state index in [4.69, 9.17) is 0 Å². The molecule has 13 heavy (non-hydrogen) atoms. The Labute approximate surface area is 88.9 Å². The predicted octanol–water partition coefficient (Wildman–Crippen LogP) is 3.30. The number of nitrogens with zero attached hydrogens (tertiary/aromatic N) is 1. The van der Waals surface area contributed by atoms with Gasteiger partial charge in [-0.2, -0.15) is 0 Å². The highest BCUT2D eigenvalue weighted by molar-refractivity contribution is 9.09. The van der Waals surface area contributed by atoms with Gasteiger partial charge >= 0.3 is 0 Å². The SMILES string of the molecule is CN(CCCCBr)c1ccccc1. The molecule has 0 atom stereocenters. The van der Waals surface area contributed by atoms with E-state index in [1.165, 1.54) is 18.5 Å². The summed E-state index contributed by atoms with van der Waals surface area (Å²) in [7, 11) is 2.14. The fourth-order valence-corrected chi connectivity index (χ4v) is 1.65. The van der Waals surface area contributed by atoms with Crippen molar-refractivity contribution in [2.45, 2.75) is 12.8 Å². The van der Waals surface area contributed by atoms with Crippen molar-refractivity contribution in [3.63, 3.8) is 0 Å². The first-order valence-corrected chi connectivity index (χ1v) is 5.79. The second-order valence-corrected chi connectivity index (χ2v) is 3.95. The van der Waals surface area contributed by atoms with Gasteiger partial charge in [0, 0.05) is 24.6 Å². The van der Waals surface area contributed by atoms with Gasteiger partial charge in [-0.25, -0.2) is 0 Å². The van der Waals surface area contributed by atoms with Gasteiger partial charge in [0.05, 0.1) is 0 Å². The standard InChI is InChI=1S/C11H16BrN/c1-13(10-6-5-9-12)11-7-3-2-4-8-11/h2-4,7-8H,5-6,9-10H2,1H3. The molecule has 0 radical (unpaired) electrons. The van der Waals surface area contributed by atoms with E-state index in [1.807, 2.05) is 0 Å². The van der Waals surface area contributed by atoms with Gasteiger partial charge in [-0.05, 0) is 25.0 Å². The molecule has 1 aromatic carbocycles. The average molecular weight is 242 g/mol. The Hall–Kier alpha value is -0.500. The molecule has 0 fully saturated rings. The molecule has 1 aromatic rings. The summed E-state index contributed by atoms with van der Waals surface area (Å²) in [5, 5.41) is 1.11. The van der Waals surface area contributed by atoms with Crippen LogP contribution in [-0.4, -0.2) is 18.9 Å². The van der Waals surface area contributed by atoms with Gasteiger partial charge in [0.25, 0.3) is 0 Å². The molecule has 0 saturated carbocycles. The molecule has 0 spiro atoms. The summed E-state index contributed by atoms with van der Waals surface area (Å²) >= 11 is 3.44. The lowest BCUT2D eigenvalue weighted by molar-refractivity contribution is 0.775. The molecule has 0 unspecified atom stereocenters. The van der Waals surface area contributed by atoms with Crippen molar-refractivity contribution in [1.82, 2.24) is 0 Å². The Morgan fingerprint density at radius 3 is 2.46 bits per heavy atom. The van der Waals surface area contributed by atoms with Gasteiger partial charge in [0.15, 0.2) is 0 Å². The van der Waals surface area contributed by atoms with Crippen LogP contribution in [0.2, 0.25) is 0 Å². The van der Waals surface area contributed by atoms with Crippen LogP contribution in [0.15, 0.2) is 30.3 Å². The van der Waals surface area contributed by atoms with Gasteiger partial charge in [-0.3, -0.25) is 0 Å². The highest BCUT2D eigenvalue weighted by Crippen LogP contribution is 2.11. The number of benzene rings is 1. The van der Waals surface area contributed by atoms with Crippen LogP contribution in [-0.2, 0) is 0 Å². The Bertz CT molecular complexity index is 223. The summed E-state index contributed by atoms with van der Waals surface area (Å²) in [5.74, 6) is 0. The fraction of sp³-hybridized carbons (Fsp3) is 0.455. The normalized spacial score (nSPS) is 10.0. The zero-order valence-corrected chi connectivity index (χ0v) is 9.63. The maximum absolute atomic E-state index is 3.44. The number of para-hydroxylation sites is 1. The highest BCUT2D eigenvalue weighted by atomic mass is 79.9. The van der Waals surface area contributed by atoms with Crippen molar-refractivity contribution in [2.75, 3.05) is 23.8 Å². The predicted molar refractivity (Wildman–Crippen MR) is 62.7 cm³/mol. The second-order valence-electron chi connectivity index (χ2n) is 3.15. The van der Waals surface area contributed by atoms with E-state index in [0.717, 1.165) is 11.9 Å². The van der Waals surface area contributed by atoms with Crippen LogP contribution in [0.1, 0.15) is 12.8 Å². The smallest absolute Gasteiger partial charge is 0.0363 e. The Morgan fingerprint density at radius 2 is 1.85 bits per heavy atom. The molecule has 0 bridgehead atoms. The molecule has 1 nitrogen and oxygen atoms in total. The number of unbranched alkanes of at least 4 members (excludes halogenated alkanes) is 1. The van der Waals surface area contributed by atoms with E-state index in [1.54, 1.807) is 0 Å². The number of hydrogen-bond acceptors (Lipinski definition) is 1. The third kappa shape index (κ3) is 3.81. The monoisotopic (exact) mass is 241 g/mol. The molecule has 1 rings (SSSR count). The molecule has 0 aliphatic heterocycles. The van der Waals surface area contributed by atoms with Crippen LogP contribution >= 0.6 is 15.9 Å². The molecule has 2 heteroatoms. The zero-order valence-electron chi connectivity index (χ0n) is 8.04. The topological polar surface area (TPSA) is 3.24 Å². The van der Waals surface area contributed by atoms with E-state index >= 15 is 0 Å². The maximum Gasteiger partial charge on any atom is 0.0363 e. The van der Waals surface area contributed by atoms with Crippen LogP contribution in [0, 0.1) is 0 Å². The minimum absolute atomic E-state index is 1.11. The van der Waals surface area contributed by atoms with Crippen molar-refractivity contribution in [2.24, 2.45) is 0 Å². The maximum atomic E-state index is 3.44. The Morgan fingerprint density at radius 1 is 1.15 bits per heavy atom. The summed E-state index contributed by atoms with van der Waals surface area (Å²) in [5.41, 5.74) is 1.30. The lowest BCUT2D eigenvalue weighted by Gasteiger charge is -2.18. The van der Waals surface area contributed by atoms with E-state index in [0.29, 0.717) is 0 Å². The van der Waals surface area contributed by atoms with Crippen molar-refractivity contribution in [3.8, 4) is 0 Å². The molecule has 0 saturated heterocycles. The quantitative estimate of drug-likeness (QED) is 0.565. The molecule has 0 aromatic heterocycles. The van der Waals surface area contributed by atoms with E-state index in [-0.39, 0.29) is 0 Å². The fourth-order valence-electron chi connectivity index (χ4n) is 1.26. The Balaban J connectivity index is 2.35. The minimum atomic E-state index is 1.11. The van der Waals surface area contributed by atoms with Crippen LogP contribution in [0.4, 0.5) is 5.69 Å². The number of alkyl halides is 1. The highest BCUT2D eigenvalue weighted by Gasteiger charge is 1.97. The van der Waals surface area contributed by atoms with Gasteiger partial charge in [-0.15, -0.1) is 0 Å². The molecule has 0 N–H and O–H groups in total. The number of anilines is 1.